The van der Waals surface area contributed by atoms with Gasteiger partial charge in [-0.05, 0) is 66.1 Å². The van der Waals surface area contributed by atoms with Gasteiger partial charge in [0.25, 0.3) is 0 Å². The summed E-state index contributed by atoms with van der Waals surface area (Å²) in [5.74, 6) is 1.22. The van der Waals surface area contributed by atoms with E-state index in [2.05, 4.69) is 14.7 Å². The van der Waals surface area contributed by atoms with Crippen LogP contribution in [-0.4, -0.2) is 26.7 Å². The van der Waals surface area contributed by atoms with Crippen molar-refractivity contribution in [3.05, 3.63) is 48.2 Å². The Morgan fingerprint density at radius 1 is 1.15 bits per heavy atom. The Morgan fingerprint density at radius 3 is 2.78 bits per heavy atom. The highest BCUT2D eigenvalue weighted by molar-refractivity contribution is 8.02. The number of nitrogens with zero attached hydrogens (tertiary/aromatic N) is 2. The van der Waals surface area contributed by atoms with E-state index in [9.17, 15) is 4.39 Å². The number of anilines is 2. The van der Waals surface area contributed by atoms with Gasteiger partial charge >= 0.3 is 0 Å². The van der Waals surface area contributed by atoms with Crippen LogP contribution in [0.1, 0.15) is 12.8 Å². The van der Waals surface area contributed by atoms with E-state index in [1.807, 2.05) is 11.8 Å². The third-order valence-electron chi connectivity index (χ3n) is 4.48. The van der Waals surface area contributed by atoms with Gasteiger partial charge in [-0.3, -0.25) is 0 Å². The molecule has 3 N–H and O–H groups in total. The summed E-state index contributed by atoms with van der Waals surface area (Å²) in [4.78, 5) is 8.06. The van der Waals surface area contributed by atoms with Crippen LogP contribution in [0.15, 0.2) is 36.5 Å². The molecule has 27 heavy (non-hydrogen) atoms. The summed E-state index contributed by atoms with van der Waals surface area (Å²) in [7, 11) is 0. The molecule has 8 heteroatoms. The predicted molar refractivity (Wildman–Crippen MR) is 111 cm³/mol. The van der Waals surface area contributed by atoms with Gasteiger partial charge in [-0.15, -0.1) is 0 Å². The summed E-state index contributed by atoms with van der Waals surface area (Å²) < 4.78 is 32.6. The fourth-order valence-corrected chi connectivity index (χ4v) is 5.37. The van der Waals surface area contributed by atoms with Gasteiger partial charge in [-0.1, -0.05) is 6.07 Å². The van der Waals surface area contributed by atoms with Crippen molar-refractivity contribution in [3.8, 4) is 11.1 Å². The van der Waals surface area contributed by atoms with Crippen LogP contribution >= 0.6 is 23.7 Å². The maximum absolute atomic E-state index is 15.1. The number of fused-ring (bicyclic) bond motifs is 1. The number of nitrogens with two attached hydrogens (primary N) is 1. The second-order valence-electron chi connectivity index (χ2n) is 6.32. The average molecular weight is 405 g/mol. The van der Waals surface area contributed by atoms with Crippen LogP contribution in [0.3, 0.4) is 0 Å². The lowest BCUT2D eigenvalue weighted by atomic mass is 10.0. The highest BCUT2D eigenvalue weighted by atomic mass is 32.2. The van der Waals surface area contributed by atoms with Crippen molar-refractivity contribution in [2.45, 2.75) is 18.1 Å². The molecule has 4 rings (SSSR count). The number of thioether (sulfide) groups is 1. The molecule has 2 aromatic carbocycles. The zero-order chi connectivity index (χ0) is 18.8. The molecule has 0 aliphatic carbocycles. The van der Waals surface area contributed by atoms with Crippen LogP contribution in [0.25, 0.3) is 22.0 Å². The second-order valence-corrected chi connectivity index (χ2v) is 8.65. The van der Waals surface area contributed by atoms with Crippen LogP contribution in [0.4, 0.5) is 20.4 Å². The molecule has 0 radical (unpaired) electrons. The van der Waals surface area contributed by atoms with Crippen LogP contribution in [0.2, 0.25) is 0 Å². The Bertz CT molecular complexity index is 977. The molecule has 140 valence electrons. The highest BCUT2D eigenvalue weighted by Gasteiger charge is 2.19. The van der Waals surface area contributed by atoms with E-state index in [1.54, 1.807) is 24.4 Å². The zero-order valence-electron chi connectivity index (χ0n) is 14.4. The average Bonchev–Trinajstić information content (AvgIpc) is 2.68. The van der Waals surface area contributed by atoms with Gasteiger partial charge in [0.15, 0.2) is 5.82 Å². The lowest BCUT2D eigenvalue weighted by Gasteiger charge is -2.21. The molecule has 2 heterocycles. The molecule has 0 bridgehead atoms. The predicted octanol–water partition coefficient (Wildman–Crippen LogP) is 5.11. The van der Waals surface area contributed by atoms with Gasteiger partial charge in [0, 0.05) is 16.8 Å². The summed E-state index contributed by atoms with van der Waals surface area (Å²) in [6.07, 6.45) is 3.73. The van der Waals surface area contributed by atoms with Crippen LogP contribution < -0.4 is 10.5 Å². The third kappa shape index (κ3) is 3.96. The highest BCUT2D eigenvalue weighted by Crippen LogP contribution is 2.35. The number of benzene rings is 2. The van der Waals surface area contributed by atoms with Gasteiger partial charge in [-0.2, -0.15) is 11.8 Å². The molecule has 1 aromatic heterocycles. The zero-order valence-corrected chi connectivity index (χ0v) is 16.0. The van der Waals surface area contributed by atoms with E-state index in [4.69, 9.17) is 5.73 Å². The van der Waals surface area contributed by atoms with Crippen LogP contribution in [0, 0.1) is 11.6 Å². The number of hydrogen-bond donors (Lipinski definition) is 2. The summed E-state index contributed by atoms with van der Waals surface area (Å²) in [6.45, 7) is 0. The van der Waals surface area contributed by atoms with Crippen molar-refractivity contribution in [2.24, 2.45) is 0 Å². The fourth-order valence-electron chi connectivity index (χ4n) is 3.04. The molecule has 1 aliphatic heterocycles. The molecule has 0 saturated carbocycles. The van der Waals surface area contributed by atoms with E-state index >= 15 is 4.39 Å². The lowest BCUT2D eigenvalue weighted by Crippen LogP contribution is -2.13. The van der Waals surface area contributed by atoms with E-state index in [-0.39, 0.29) is 11.5 Å². The maximum Gasteiger partial charge on any atom is 0.220 e. The molecule has 1 saturated heterocycles. The molecule has 1 aliphatic rings. The first-order chi connectivity index (χ1) is 13.1. The Labute approximate surface area is 164 Å². The van der Waals surface area contributed by atoms with Gasteiger partial charge in [0.2, 0.25) is 5.95 Å². The molecular formula is C19H18F2N4S2. The van der Waals surface area contributed by atoms with Gasteiger partial charge < -0.3 is 10.5 Å². The molecule has 0 spiro atoms. The Kier molecular flexibility index (Phi) is 5.36. The Hall–Kier alpha value is -2.06. The number of rotatable bonds is 4. The van der Waals surface area contributed by atoms with E-state index in [0.717, 1.165) is 24.3 Å². The topological polar surface area (TPSA) is 63.8 Å². The first-order valence-corrected chi connectivity index (χ1v) is 10.7. The summed E-state index contributed by atoms with van der Waals surface area (Å²) in [5.41, 5.74) is 6.89. The minimum absolute atomic E-state index is 0.0569. The first-order valence-electron chi connectivity index (χ1n) is 8.62. The standard InChI is InChI=1S/C19H18F2N4S2/c20-14-2-4-16(25-27-13-5-7-26-8-6-13)18(21)17(14)11-1-3-15-12(9-11)10-23-19(22)24-15/h1-4,9-10,13,25H,5-8H2,(H2,22,23,24). The Balaban J connectivity index is 1.64. The van der Waals surface area contributed by atoms with Gasteiger partial charge in [-0.25, -0.2) is 18.7 Å². The summed E-state index contributed by atoms with van der Waals surface area (Å²) >= 11 is 3.46. The molecule has 3 aromatic rings. The second kappa shape index (κ2) is 7.90. The third-order valence-corrected chi connectivity index (χ3v) is 6.67. The van der Waals surface area contributed by atoms with E-state index in [1.165, 1.54) is 24.1 Å². The molecule has 1 fully saturated rings. The summed E-state index contributed by atoms with van der Waals surface area (Å²) in [6, 6.07) is 7.75. The van der Waals surface area contributed by atoms with Crippen molar-refractivity contribution < 1.29 is 8.78 Å². The maximum atomic E-state index is 15.1. The van der Waals surface area contributed by atoms with E-state index < -0.39 is 11.6 Å². The molecule has 0 atom stereocenters. The smallest absolute Gasteiger partial charge is 0.220 e. The van der Waals surface area contributed by atoms with E-state index in [0.29, 0.717) is 27.4 Å². The lowest BCUT2D eigenvalue weighted by molar-refractivity contribution is 0.592. The molecule has 0 amide bonds. The van der Waals surface area contributed by atoms with Crippen molar-refractivity contribution in [2.75, 3.05) is 22.0 Å². The Morgan fingerprint density at radius 2 is 1.96 bits per heavy atom. The number of nitrogens with one attached hydrogen (secondary N) is 1. The van der Waals surface area contributed by atoms with Gasteiger partial charge in [0.1, 0.15) is 5.82 Å². The number of halogens is 2. The molecular weight excluding hydrogens is 386 g/mol. The minimum Gasteiger partial charge on any atom is -0.368 e. The monoisotopic (exact) mass is 404 g/mol. The van der Waals surface area contributed by atoms with Crippen molar-refractivity contribution in [3.63, 3.8) is 0 Å². The minimum atomic E-state index is -0.604. The number of hydrogen-bond acceptors (Lipinski definition) is 6. The molecule has 4 nitrogen and oxygen atoms in total. The number of nitrogen functional groups attached to an aromatic ring is 1. The van der Waals surface area contributed by atoms with Crippen molar-refractivity contribution in [1.29, 1.82) is 0 Å². The SMILES string of the molecule is Nc1ncc2cc(-c3c(F)ccc(NSC4CCSCC4)c3F)ccc2n1. The van der Waals surface area contributed by atoms with Crippen molar-refractivity contribution in [1.82, 2.24) is 9.97 Å². The largest absolute Gasteiger partial charge is 0.368 e. The quantitative estimate of drug-likeness (QED) is 0.589. The van der Waals surface area contributed by atoms with Gasteiger partial charge in [0.05, 0.1) is 16.8 Å². The van der Waals surface area contributed by atoms with Crippen molar-refractivity contribution >= 4 is 46.2 Å². The fraction of sp³-hybridized carbons (Fsp3) is 0.263. The summed E-state index contributed by atoms with van der Waals surface area (Å²) in [5, 5.41) is 1.12. The van der Waals surface area contributed by atoms with Crippen LogP contribution in [-0.2, 0) is 0 Å². The number of aromatic nitrogens is 2. The van der Waals surface area contributed by atoms with Crippen LogP contribution in [0.5, 0.6) is 0 Å². The first kappa shape index (κ1) is 18.3. The molecule has 0 unspecified atom stereocenters. The normalized spacial score (nSPS) is 15.2.